The Hall–Kier alpha value is -2.41. The van der Waals surface area contributed by atoms with Crippen molar-refractivity contribution in [2.24, 2.45) is 0 Å². The van der Waals surface area contributed by atoms with Gasteiger partial charge in [-0.05, 0) is 30.2 Å². The predicted molar refractivity (Wildman–Crippen MR) is 91.1 cm³/mol. The van der Waals surface area contributed by atoms with Crippen molar-refractivity contribution in [3.05, 3.63) is 60.0 Å². The first-order chi connectivity index (χ1) is 11.6. The number of pyridine rings is 1. The van der Waals surface area contributed by atoms with Crippen molar-refractivity contribution in [3.8, 4) is 0 Å². The molecule has 2 heterocycles. The molecule has 2 atom stereocenters. The molecule has 0 bridgehead atoms. The van der Waals surface area contributed by atoms with E-state index in [1.165, 1.54) is 17.8 Å². The molecule has 5 nitrogen and oxygen atoms in total. The Morgan fingerprint density at radius 1 is 1.29 bits per heavy atom. The van der Waals surface area contributed by atoms with Crippen LogP contribution in [0.2, 0.25) is 0 Å². The monoisotopic (exact) mass is 345 g/mol. The number of thioether (sulfide) groups is 1. The Morgan fingerprint density at radius 2 is 2.08 bits per heavy atom. The van der Waals surface area contributed by atoms with E-state index in [0.29, 0.717) is 23.6 Å². The fourth-order valence-electron chi connectivity index (χ4n) is 2.40. The zero-order chi connectivity index (χ0) is 16.9. The van der Waals surface area contributed by atoms with E-state index in [-0.39, 0.29) is 17.6 Å². The molecule has 2 amide bonds. The summed E-state index contributed by atoms with van der Waals surface area (Å²) in [6.45, 7) is 0. The quantitative estimate of drug-likeness (QED) is 0.889. The van der Waals surface area contributed by atoms with Crippen LogP contribution in [0.1, 0.15) is 5.56 Å². The van der Waals surface area contributed by atoms with Crippen molar-refractivity contribution in [1.29, 1.82) is 0 Å². The number of hydrogen-bond donors (Lipinski definition) is 2. The van der Waals surface area contributed by atoms with Crippen LogP contribution in [0.5, 0.6) is 0 Å². The van der Waals surface area contributed by atoms with Crippen LogP contribution in [0.15, 0.2) is 48.7 Å². The number of halogens is 1. The molecule has 3 rings (SSSR count). The molecule has 0 spiro atoms. The first kappa shape index (κ1) is 16.4. The summed E-state index contributed by atoms with van der Waals surface area (Å²) in [5.74, 6) is -0.00510. The predicted octanol–water partition coefficient (Wildman–Crippen LogP) is 2.00. The molecule has 0 saturated carbocycles. The lowest BCUT2D eigenvalue weighted by Crippen LogP contribution is -2.52. The number of amides is 2. The van der Waals surface area contributed by atoms with Gasteiger partial charge >= 0.3 is 0 Å². The molecule has 1 aromatic heterocycles. The van der Waals surface area contributed by atoms with Gasteiger partial charge in [0.2, 0.25) is 11.8 Å². The molecule has 1 aromatic carbocycles. The van der Waals surface area contributed by atoms with Gasteiger partial charge in [0.15, 0.2) is 0 Å². The minimum Gasteiger partial charge on any atom is -0.343 e. The fourth-order valence-corrected chi connectivity index (χ4v) is 3.58. The average Bonchev–Trinajstić information content (AvgIpc) is 2.59. The third-order valence-corrected chi connectivity index (χ3v) is 4.98. The number of aromatic nitrogens is 1. The van der Waals surface area contributed by atoms with Crippen LogP contribution in [-0.2, 0) is 16.0 Å². The van der Waals surface area contributed by atoms with E-state index in [0.717, 1.165) is 0 Å². The Kier molecular flexibility index (Phi) is 5.10. The molecule has 124 valence electrons. The van der Waals surface area contributed by atoms with E-state index in [1.807, 2.05) is 0 Å². The molecule has 24 heavy (non-hydrogen) atoms. The number of carbonyl (C=O) groups is 2. The Morgan fingerprint density at radius 3 is 2.79 bits per heavy atom. The van der Waals surface area contributed by atoms with E-state index in [9.17, 15) is 14.0 Å². The normalized spacial score (nSPS) is 20.3. The molecule has 1 saturated heterocycles. The first-order valence-electron chi connectivity index (χ1n) is 7.51. The maximum Gasteiger partial charge on any atom is 0.248 e. The number of hydrogen-bond acceptors (Lipinski definition) is 4. The lowest BCUT2D eigenvalue weighted by Gasteiger charge is -2.28. The zero-order valence-electron chi connectivity index (χ0n) is 12.7. The van der Waals surface area contributed by atoms with E-state index < -0.39 is 11.3 Å². The van der Waals surface area contributed by atoms with Gasteiger partial charge in [0.05, 0.1) is 5.25 Å². The summed E-state index contributed by atoms with van der Waals surface area (Å²) in [5, 5.41) is 4.97. The molecule has 7 heteroatoms. The van der Waals surface area contributed by atoms with Gasteiger partial charge in [-0.15, -0.1) is 11.8 Å². The molecule has 2 N–H and O–H groups in total. The molecule has 2 aromatic rings. The van der Waals surface area contributed by atoms with E-state index in [2.05, 4.69) is 15.6 Å². The molecule has 1 aliphatic rings. The van der Waals surface area contributed by atoms with Gasteiger partial charge in [-0.3, -0.25) is 9.59 Å². The summed E-state index contributed by atoms with van der Waals surface area (Å²) in [7, 11) is 0. The summed E-state index contributed by atoms with van der Waals surface area (Å²) in [6.07, 6.45) is 1.88. The van der Waals surface area contributed by atoms with Gasteiger partial charge in [0.25, 0.3) is 0 Å². The van der Waals surface area contributed by atoms with Crippen molar-refractivity contribution in [2.75, 3.05) is 11.1 Å². The van der Waals surface area contributed by atoms with Gasteiger partial charge in [0.1, 0.15) is 17.7 Å². The SMILES string of the molecule is O=C(Nc1ccccn1)[C@@H]1CS[C@@H](Cc2ccccc2F)C(=O)N1. The molecular formula is C17H16FN3O2S. The van der Waals surface area contributed by atoms with Crippen LogP contribution in [0.25, 0.3) is 0 Å². The van der Waals surface area contributed by atoms with Crippen LogP contribution >= 0.6 is 11.8 Å². The van der Waals surface area contributed by atoms with Crippen LogP contribution in [-0.4, -0.2) is 33.8 Å². The van der Waals surface area contributed by atoms with Crippen molar-refractivity contribution in [2.45, 2.75) is 17.7 Å². The number of carbonyl (C=O) groups excluding carboxylic acids is 2. The molecule has 1 aliphatic heterocycles. The fraction of sp³-hybridized carbons (Fsp3) is 0.235. The van der Waals surface area contributed by atoms with Crippen LogP contribution in [0.3, 0.4) is 0 Å². The second-order valence-corrected chi connectivity index (χ2v) is 6.62. The van der Waals surface area contributed by atoms with Crippen LogP contribution in [0, 0.1) is 5.82 Å². The summed E-state index contributed by atoms with van der Waals surface area (Å²) < 4.78 is 13.7. The topological polar surface area (TPSA) is 71.1 Å². The van der Waals surface area contributed by atoms with Gasteiger partial charge in [-0.1, -0.05) is 24.3 Å². The van der Waals surface area contributed by atoms with Crippen molar-refractivity contribution < 1.29 is 14.0 Å². The third-order valence-electron chi connectivity index (χ3n) is 3.67. The minimum atomic E-state index is -0.624. The number of rotatable bonds is 4. The van der Waals surface area contributed by atoms with E-state index in [4.69, 9.17) is 0 Å². The minimum absolute atomic E-state index is 0.254. The highest BCUT2D eigenvalue weighted by Crippen LogP contribution is 2.23. The van der Waals surface area contributed by atoms with Crippen molar-refractivity contribution >= 4 is 29.4 Å². The Balaban J connectivity index is 1.58. The maximum atomic E-state index is 13.7. The van der Waals surface area contributed by atoms with Gasteiger partial charge in [0, 0.05) is 11.9 Å². The molecule has 0 unspecified atom stereocenters. The molecule has 0 aliphatic carbocycles. The summed E-state index contributed by atoms with van der Waals surface area (Å²) in [4.78, 5) is 28.4. The molecule has 0 radical (unpaired) electrons. The van der Waals surface area contributed by atoms with E-state index >= 15 is 0 Å². The van der Waals surface area contributed by atoms with Gasteiger partial charge < -0.3 is 10.6 Å². The highest BCUT2D eigenvalue weighted by molar-refractivity contribution is 8.00. The highest BCUT2D eigenvalue weighted by Gasteiger charge is 2.32. The second-order valence-electron chi connectivity index (χ2n) is 5.38. The highest BCUT2D eigenvalue weighted by atomic mass is 32.2. The second kappa shape index (κ2) is 7.44. The Labute approximate surface area is 143 Å². The number of nitrogens with zero attached hydrogens (tertiary/aromatic N) is 1. The number of nitrogens with one attached hydrogen (secondary N) is 2. The maximum absolute atomic E-state index is 13.7. The Bertz CT molecular complexity index is 742. The average molecular weight is 345 g/mol. The number of benzene rings is 1. The lowest BCUT2D eigenvalue weighted by atomic mass is 10.1. The van der Waals surface area contributed by atoms with E-state index in [1.54, 1.807) is 42.6 Å². The van der Waals surface area contributed by atoms with Crippen molar-refractivity contribution in [3.63, 3.8) is 0 Å². The number of anilines is 1. The van der Waals surface area contributed by atoms with Crippen LogP contribution in [0.4, 0.5) is 10.2 Å². The summed E-state index contributed by atoms with van der Waals surface area (Å²) in [6, 6.07) is 11.0. The standard InChI is InChI=1S/C17H16FN3O2S/c18-12-6-2-1-5-11(12)9-14-17(23)20-13(10-24-14)16(22)21-15-7-3-4-8-19-15/h1-8,13-14H,9-10H2,(H,20,23)(H,19,21,22)/t13-,14-/m0/s1. The lowest BCUT2D eigenvalue weighted by molar-refractivity contribution is -0.126. The van der Waals surface area contributed by atoms with Gasteiger partial charge in [-0.25, -0.2) is 9.37 Å². The summed E-state index contributed by atoms with van der Waals surface area (Å²) >= 11 is 1.36. The van der Waals surface area contributed by atoms with Crippen LogP contribution < -0.4 is 10.6 Å². The zero-order valence-corrected chi connectivity index (χ0v) is 13.6. The van der Waals surface area contributed by atoms with Gasteiger partial charge in [-0.2, -0.15) is 0 Å². The smallest absolute Gasteiger partial charge is 0.248 e. The first-order valence-corrected chi connectivity index (χ1v) is 8.55. The molecule has 1 fully saturated rings. The third kappa shape index (κ3) is 3.91. The summed E-state index contributed by atoms with van der Waals surface area (Å²) in [5.41, 5.74) is 0.501. The molecular weight excluding hydrogens is 329 g/mol. The largest absolute Gasteiger partial charge is 0.343 e. The van der Waals surface area contributed by atoms with Crippen molar-refractivity contribution in [1.82, 2.24) is 10.3 Å².